The molecule has 7 nitrogen and oxygen atoms in total. The number of aromatic nitrogens is 2. The molecule has 0 aliphatic carbocycles. The van der Waals surface area contributed by atoms with Crippen molar-refractivity contribution in [2.45, 2.75) is 26.4 Å². The summed E-state index contributed by atoms with van der Waals surface area (Å²) in [7, 11) is 0. The van der Waals surface area contributed by atoms with Gasteiger partial charge in [-0.25, -0.2) is 9.78 Å². The molecule has 0 unspecified atom stereocenters. The van der Waals surface area contributed by atoms with Crippen molar-refractivity contribution in [1.29, 1.82) is 0 Å². The molecule has 1 aliphatic rings. The SMILES string of the molecule is Cc1cccn2c(=O)cc(COC(=O)c3ccc4c(c3)CCC(=O)N4)nc12. The second-order valence-electron chi connectivity index (χ2n) is 6.47. The summed E-state index contributed by atoms with van der Waals surface area (Å²) in [4.78, 5) is 40.4. The second-order valence-corrected chi connectivity index (χ2v) is 6.47. The predicted octanol–water partition coefficient (Wildman–Crippen LogP) is 2.24. The van der Waals surface area contributed by atoms with Crippen LogP contribution in [0, 0.1) is 6.92 Å². The maximum Gasteiger partial charge on any atom is 0.338 e. The number of anilines is 1. The van der Waals surface area contributed by atoms with Crippen LogP contribution in [0.1, 0.15) is 33.6 Å². The summed E-state index contributed by atoms with van der Waals surface area (Å²) in [6.45, 7) is 1.77. The number of fused-ring (bicyclic) bond motifs is 2. The molecular formula is C20H17N3O4. The number of benzene rings is 1. The molecule has 1 N–H and O–H groups in total. The van der Waals surface area contributed by atoms with E-state index in [9.17, 15) is 14.4 Å². The molecular weight excluding hydrogens is 346 g/mol. The highest BCUT2D eigenvalue weighted by Gasteiger charge is 2.17. The Bertz CT molecular complexity index is 1130. The summed E-state index contributed by atoms with van der Waals surface area (Å²) in [6, 6.07) is 10.0. The van der Waals surface area contributed by atoms with Gasteiger partial charge in [0, 0.05) is 24.4 Å². The summed E-state index contributed by atoms with van der Waals surface area (Å²) in [5.41, 5.74) is 3.61. The minimum absolute atomic E-state index is 0.0261. The summed E-state index contributed by atoms with van der Waals surface area (Å²) in [5, 5.41) is 2.77. The number of ether oxygens (including phenoxy) is 1. The molecule has 0 fully saturated rings. The number of hydrogen-bond acceptors (Lipinski definition) is 5. The highest BCUT2D eigenvalue weighted by Crippen LogP contribution is 2.24. The molecule has 3 heterocycles. The normalized spacial score (nSPS) is 13.1. The highest BCUT2D eigenvalue weighted by molar-refractivity contribution is 5.96. The number of aryl methyl sites for hydroxylation is 2. The average Bonchev–Trinajstić information content (AvgIpc) is 2.66. The molecule has 4 rings (SSSR count). The summed E-state index contributed by atoms with van der Waals surface area (Å²) in [5.74, 6) is -0.525. The lowest BCUT2D eigenvalue weighted by Gasteiger charge is -2.17. The Morgan fingerprint density at radius 2 is 2.07 bits per heavy atom. The van der Waals surface area contributed by atoms with E-state index in [1.54, 1.807) is 30.5 Å². The lowest BCUT2D eigenvalue weighted by molar-refractivity contribution is -0.116. The van der Waals surface area contributed by atoms with Crippen LogP contribution in [0.15, 0.2) is 47.4 Å². The van der Waals surface area contributed by atoms with Crippen molar-refractivity contribution in [3.63, 3.8) is 0 Å². The van der Waals surface area contributed by atoms with Crippen LogP contribution in [-0.2, 0) is 22.6 Å². The third-order valence-electron chi connectivity index (χ3n) is 4.53. The van der Waals surface area contributed by atoms with Gasteiger partial charge in [0.1, 0.15) is 12.3 Å². The molecule has 0 saturated heterocycles. The van der Waals surface area contributed by atoms with E-state index in [4.69, 9.17) is 4.74 Å². The van der Waals surface area contributed by atoms with Gasteiger partial charge in [0.15, 0.2) is 0 Å². The zero-order chi connectivity index (χ0) is 19.0. The second kappa shape index (κ2) is 6.68. The van der Waals surface area contributed by atoms with E-state index >= 15 is 0 Å². The van der Waals surface area contributed by atoms with Gasteiger partial charge in [0.25, 0.3) is 5.56 Å². The molecule has 7 heteroatoms. The molecule has 1 aromatic carbocycles. The number of amides is 1. The van der Waals surface area contributed by atoms with Crippen LogP contribution in [0.3, 0.4) is 0 Å². The van der Waals surface area contributed by atoms with E-state index in [1.807, 2.05) is 13.0 Å². The number of pyridine rings is 1. The van der Waals surface area contributed by atoms with Gasteiger partial charge >= 0.3 is 5.97 Å². The third kappa shape index (κ3) is 3.31. The average molecular weight is 363 g/mol. The number of carbonyl (C=O) groups excluding carboxylic acids is 2. The van der Waals surface area contributed by atoms with E-state index in [1.165, 1.54) is 10.5 Å². The molecule has 2 aromatic heterocycles. The Morgan fingerprint density at radius 1 is 1.22 bits per heavy atom. The molecule has 0 atom stereocenters. The van der Waals surface area contributed by atoms with E-state index in [2.05, 4.69) is 10.3 Å². The van der Waals surface area contributed by atoms with Crippen molar-refractivity contribution < 1.29 is 14.3 Å². The Labute approximate surface area is 154 Å². The maximum absolute atomic E-state index is 12.4. The van der Waals surface area contributed by atoms with Crippen molar-refractivity contribution in [3.8, 4) is 0 Å². The molecule has 1 amide bonds. The molecule has 27 heavy (non-hydrogen) atoms. The molecule has 136 valence electrons. The quantitative estimate of drug-likeness (QED) is 0.721. The van der Waals surface area contributed by atoms with Crippen molar-refractivity contribution in [2.75, 3.05) is 5.32 Å². The van der Waals surface area contributed by atoms with Gasteiger partial charge in [-0.15, -0.1) is 0 Å². The lowest BCUT2D eigenvalue weighted by Crippen LogP contribution is -2.19. The molecule has 0 spiro atoms. The van der Waals surface area contributed by atoms with Gasteiger partial charge in [0.05, 0.1) is 11.3 Å². The standard InChI is InChI=1S/C20H17N3O4/c1-12-3-2-8-23-18(25)10-15(21-19(12)23)11-27-20(26)14-4-6-16-13(9-14)5-7-17(24)22-16/h2-4,6,8-10H,5,7,11H2,1H3,(H,22,24). The monoisotopic (exact) mass is 363 g/mol. The lowest BCUT2D eigenvalue weighted by atomic mass is 10.0. The van der Waals surface area contributed by atoms with Crippen LogP contribution < -0.4 is 10.9 Å². The molecule has 0 saturated carbocycles. The smallest absolute Gasteiger partial charge is 0.338 e. The van der Waals surface area contributed by atoms with Crippen molar-refractivity contribution in [2.24, 2.45) is 0 Å². The molecule has 0 radical (unpaired) electrons. The van der Waals surface area contributed by atoms with Gasteiger partial charge in [-0.3, -0.25) is 14.0 Å². The highest BCUT2D eigenvalue weighted by atomic mass is 16.5. The topological polar surface area (TPSA) is 89.8 Å². The first-order valence-electron chi connectivity index (χ1n) is 8.59. The van der Waals surface area contributed by atoms with Crippen molar-refractivity contribution in [1.82, 2.24) is 9.38 Å². The number of nitrogens with one attached hydrogen (secondary N) is 1. The fourth-order valence-electron chi connectivity index (χ4n) is 3.12. The predicted molar refractivity (Wildman–Crippen MR) is 98.7 cm³/mol. The maximum atomic E-state index is 12.4. The van der Waals surface area contributed by atoms with Crippen LogP contribution in [0.4, 0.5) is 5.69 Å². The Kier molecular flexibility index (Phi) is 4.19. The largest absolute Gasteiger partial charge is 0.456 e. The number of rotatable bonds is 3. The van der Waals surface area contributed by atoms with E-state index in [0.29, 0.717) is 29.7 Å². The van der Waals surface area contributed by atoms with E-state index < -0.39 is 5.97 Å². The minimum Gasteiger partial charge on any atom is -0.456 e. The number of esters is 1. The zero-order valence-electron chi connectivity index (χ0n) is 14.7. The van der Waals surface area contributed by atoms with Gasteiger partial charge < -0.3 is 10.1 Å². The Balaban J connectivity index is 1.53. The van der Waals surface area contributed by atoms with Crippen LogP contribution in [-0.4, -0.2) is 21.3 Å². The minimum atomic E-state index is -0.499. The van der Waals surface area contributed by atoms with Crippen LogP contribution in [0.25, 0.3) is 5.65 Å². The molecule has 0 bridgehead atoms. The van der Waals surface area contributed by atoms with Gasteiger partial charge in [-0.05, 0) is 48.7 Å². The van der Waals surface area contributed by atoms with Crippen LogP contribution in [0.5, 0.6) is 0 Å². The van der Waals surface area contributed by atoms with E-state index in [0.717, 1.165) is 16.8 Å². The van der Waals surface area contributed by atoms with Crippen molar-refractivity contribution in [3.05, 3.63) is 75.3 Å². The first-order chi connectivity index (χ1) is 13.0. The van der Waals surface area contributed by atoms with Gasteiger partial charge in [-0.2, -0.15) is 0 Å². The van der Waals surface area contributed by atoms with Crippen molar-refractivity contribution >= 4 is 23.2 Å². The van der Waals surface area contributed by atoms with Crippen LogP contribution in [0.2, 0.25) is 0 Å². The number of carbonyl (C=O) groups is 2. The first kappa shape index (κ1) is 17.0. The number of hydrogen-bond donors (Lipinski definition) is 1. The molecule has 3 aromatic rings. The third-order valence-corrected chi connectivity index (χ3v) is 4.53. The zero-order valence-corrected chi connectivity index (χ0v) is 14.7. The summed E-state index contributed by atoms with van der Waals surface area (Å²) < 4.78 is 6.79. The van der Waals surface area contributed by atoms with Gasteiger partial charge in [-0.1, -0.05) is 6.07 Å². The Hall–Kier alpha value is -3.48. The molecule has 1 aliphatic heterocycles. The summed E-state index contributed by atoms with van der Waals surface area (Å²) >= 11 is 0. The van der Waals surface area contributed by atoms with Gasteiger partial charge in [0.2, 0.25) is 5.91 Å². The Morgan fingerprint density at radius 3 is 2.93 bits per heavy atom. The number of nitrogens with zero attached hydrogens (tertiary/aromatic N) is 2. The summed E-state index contributed by atoms with van der Waals surface area (Å²) in [6.07, 6.45) is 2.64. The van der Waals surface area contributed by atoms with Crippen LogP contribution >= 0.6 is 0 Å². The first-order valence-corrected chi connectivity index (χ1v) is 8.59. The van der Waals surface area contributed by atoms with E-state index in [-0.39, 0.29) is 18.1 Å². The fourth-order valence-corrected chi connectivity index (χ4v) is 3.12. The fraction of sp³-hybridized carbons (Fsp3) is 0.200.